The summed E-state index contributed by atoms with van der Waals surface area (Å²) >= 11 is 0. The molecular formula is C13H18N2O5. The molecule has 1 atom stereocenters. The highest BCUT2D eigenvalue weighted by Gasteiger charge is 2.14. The van der Waals surface area contributed by atoms with Crippen molar-refractivity contribution in [1.82, 2.24) is 5.32 Å². The number of aromatic hydroxyl groups is 1. The average Bonchev–Trinajstić information content (AvgIpc) is 2.39. The summed E-state index contributed by atoms with van der Waals surface area (Å²) in [5.74, 6) is -1.75. The highest BCUT2D eigenvalue weighted by molar-refractivity contribution is 5.97. The Bertz CT molecular complexity index is 490. The number of carboxylic acid groups (broad SMARTS) is 1. The van der Waals surface area contributed by atoms with Gasteiger partial charge in [0.1, 0.15) is 5.56 Å². The number of carbonyl (C=O) groups excluding carboxylic acids is 1. The van der Waals surface area contributed by atoms with Crippen molar-refractivity contribution in [3.8, 4) is 5.75 Å². The maximum Gasteiger partial charge on any atom is 0.339 e. The molecule has 0 saturated heterocycles. The third-order valence-electron chi connectivity index (χ3n) is 2.52. The molecule has 1 rings (SSSR count). The van der Waals surface area contributed by atoms with Crippen molar-refractivity contribution in [2.75, 3.05) is 18.5 Å². The fourth-order valence-electron chi connectivity index (χ4n) is 1.56. The second-order valence-electron chi connectivity index (χ2n) is 4.11. The second kappa shape index (κ2) is 7.34. The molecule has 2 amide bonds. The number of hydrogen-bond donors (Lipinski definition) is 4. The van der Waals surface area contributed by atoms with Gasteiger partial charge in [-0.3, -0.25) is 0 Å². The van der Waals surface area contributed by atoms with Gasteiger partial charge in [-0.2, -0.15) is 0 Å². The van der Waals surface area contributed by atoms with E-state index in [-0.39, 0.29) is 17.4 Å². The maximum absolute atomic E-state index is 11.6. The second-order valence-corrected chi connectivity index (χ2v) is 4.11. The molecule has 0 aliphatic carbocycles. The molecule has 0 spiro atoms. The third-order valence-corrected chi connectivity index (χ3v) is 2.52. The molecule has 0 radical (unpaired) electrons. The highest BCUT2D eigenvalue weighted by Crippen LogP contribution is 2.27. The Morgan fingerprint density at radius 2 is 2.10 bits per heavy atom. The Morgan fingerprint density at radius 3 is 2.70 bits per heavy atom. The van der Waals surface area contributed by atoms with E-state index in [0.29, 0.717) is 13.2 Å². The number of nitrogens with one attached hydrogen (secondary N) is 2. The fourth-order valence-corrected chi connectivity index (χ4v) is 1.56. The Hall–Kier alpha value is -2.28. The van der Waals surface area contributed by atoms with Crippen molar-refractivity contribution in [3.05, 3.63) is 23.8 Å². The van der Waals surface area contributed by atoms with E-state index in [2.05, 4.69) is 10.6 Å². The lowest BCUT2D eigenvalue weighted by molar-refractivity contribution is 0.0693. The number of benzene rings is 1. The largest absolute Gasteiger partial charge is 0.505 e. The number of rotatable bonds is 6. The topological polar surface area (TPSA) is 108 Å². The van der Waals surface area contributed by atoms with Gasteiger partial charge in [0.2, 0.25) is 0 Å². The molecule has 0 aromatic heterocycles. The van der Waals surface area contributed by atoms with Crippen molar-refractivity contribution < 1.29 is 24.5 Å². The first-order chi connectivity index (χ1) is 9.45. The zero-order valence-electron chi connectivity index (χ0n) is 11.3. The van der Waals surface area contributed by atoms with Crippen LogP contribution in [-0.4, -0.2) is 41.5 Å². The molecule has 1 unspecified atom stereocenters. The van der Waals surface area contributed by atoms with Crippen molar-refractivity contribution in [1.29, 1.82) is 0 Å². The Balaban J connectivity index is 2.62. The number of urea groups is 1. The minimum Gasteiger partial charge on any atom is -0.505 e. The number of anilines is 1. The summed E-state index contributed by atoms with van der Waals surface area (Å²) in [7, 11) is 0. The van der Waals surface area contributed by atoms with E-state index < -0.39 is 17.7 Å². The van der Waals surface area contributed by atoms with Crippen LogP contribution in [0.2, 0.25) is 0 Å². The summed E-state index contributed by atoms with van der Waals surface area (Å²) in [4.78, 5) is 22.5. The van der Waals surface area contributed by atoms with Gasteiger partial charge < -0.3 is 25.6 Å². The van der Waals surface area contributed by atoms with Crippen LogP contribution in [0.3, 0.4) is 0 Å². The van der Waals surface area contributed by atoms with Gasteiger partial charge >= 0.3 is 12.0 Å². The Labute approximate surface area is 116 Å². The highest BCUT2D eigenvalue weighted by atomic mass is 16.5. The van der Waals surface area contributed by atoms with Crippen LogP contribution >= 0.6 is 0 Å². The standard InChI is InChI=1S/C13H18N2O5/c1-3-20-8(2)7-14-13(19)15-10-6-4-5-9(11(10)16)12(17)18/h4-6,8,16H,3,7H2,1-2H3,(H,17,18)(H2,14,15,19). The van der Waals surface area contributed by atoms with Crippen LogP contribution < -0.4 is 10.6 Å². The van der Waals surface area contributed by atoms with Gasteiger partial charge in [0.05, 0.1) is 11.8 Å². The van der Waals surface area contributed by atoms with Gasteiger partial charge in [-0.1, -0.05) is 6.07 Å². The number of carbonyl (C=O) groups is 2. The number of amides is 2. The minimum absolute atomic E-state index is 0.0338. The van der Waals surface area contributed by atoms with Gasteiger partial charge in [-0.25, -0.2) is 9.59 Å². The van der Waals surface area contributed by atoms with Crippen molar-refractivity contribution in [2.24, 2.45) is 0 Å². The lowest BCUT2D eigenvalue weighted by atomic mass is 10.1. The first kappa shape index (κ1) is 15.8. The lowest BCUT2D eigenvalue weighted by Crippen LogP contribution is -2.35. The Kier molecular flexibility index (Phi) is 5.79. The average molecular weight is 282 g/mol. The molecule has 0 aliphatic heterocycles. The lowest BCUT2D eigenvalue weighted by Gasteiger charge is -2.14. The predicted octanol–water partition coefficient (Wildman–Crippen LogP) is 1.64. The van der Waals surface area contributed by atoms with Crippen LogP contribution in [0.4, 0.5) is 10.5 Å². The summed E-state index contributed by atoms with van der Waals surface area (Å²) in [5, 5.41) is 23.5. The van der Waals surface area contributed by atoms with Crippen LogP contribution in [0.25, 0.3) is 0 Å². The van der Waals surface area contributed by atoms with Gasteiger partial charge in [0, 0.05) is 13.2 Å². The SMILES string of the molecule is CCOC(C)CNC(=O)Nc1cccc(C(=O)O)c1O. The van der Waals surface area contributed by atoms with Gasteiger partial charge in [-0.15, -0.1) is 0 Å². The van der Waals surface area contributed by atoms with E-state index in [1.807, 2.05) is 13.8 Å². The van der Waals surface area contributed by atoms with Crippen LogP contribution in [-0.2, 0) is 4.74 Å². The van der Waals surface area contributed by atoms with Crippen molar-refractivity contribution in [3.63, 3.8) is 0 Å². The molecule has 110 valence electrons. The monoisotopic (exact) mass is 282 g/mol. The molecule has 0 heterocycles. The van der Waals surface area contributed by atoms with E-state index in [4.69, 9.17) is 9.84 Å². The Morgan fingerprint density at radius 1 is 1.40 bits per heavy atom. The smallest absolute Gasteiger partial charge is 0.339 e. The molecule has 0 saturated carbocycles. The van der Waals surface area contributed by atoms with E-state index in [0.717, 1.165) is 0 Å². The fraction of sp³-hybridized carbons (Fsp3) is 0.385. The molecule has 0 bridgehead atoms. The van der Waals surface area contributed by atoms with E-state index >= 15 is 0 Å². The van der Waals surface area contributed by atoms with Crippen LogP contribution in [0.1, 0.15) is 24.2 Å². The number of phenols is 1. The van der Waals surface area contributed by atoms with Crippen LogP contribution in [0.5, 0.6) is 5.75 Å². The molecule has 20 heavy (non-hydrogen) atoms. The summed E-state index contributed by atoms with van der Waals surface area (Å²) in [6.45, 7) is 4.52. The molecular weight excluding hydrogens is 264 g/mol. The normalized spacial score (nSPS) is 11.7. The summed E-state index contributed by atoms with van der Waals surface area (Å²) < 4.78 is 5.25. The quantitative estimate of drug-likeness (QED) is 0.593. The number of para-hydroxylation sites is 1. The van der Waals surface area contributed by atoms with Crippen LogP contribution in [0.15, 0.2) is 18.2 Å². The summed E-state index contributed by atoms with van der Waals surface area (Å²) in [6.07, 6.45) is -0.135. The third kappa shape index (κ3) is 4.43. The zero-order chi connectivity index (χ0) is 15.1. The number of aromatic carboxylic acids is 1. The molecule has 4 N–H and O–H groups in total. The van der Waals surface area contributed by atoms with Gasteiger partial charge in [0.25, 0.3) is 0 Å². The van der Waals surface area contributed by atoms with Crippen molar-refractivity contribution >= 4 is 17.7 Å². The van der Waals surface area contributed by atoms with Gasteiger partial charge in [0.15, 0.2) is 5.75 Å². The number of ether oxygens (including phenoxy) is 1. The maximum atomic E-state index is 11.6. The minimum atomic E-state index is -1.27. The number of hydrogen-bond acceptors (Lipinski definition) is 4. The first-order valence-electron chi connectivity index (χ1n) is 6.17. The van der Waals surface area contributed by atoms with Crippen molar-refractivity contribution in [2.45, 2.75) is 20.0 Å². The molecule has 0 aliphatic rings. The van der Waals surface area contributed by atoms with Crippen LogP contribution in [0, 0.1) is 0 Å². The predicted molar refractivity (Wildman–Crippen MR) is 73.2 cm³/mol. The molecule has 0 fully saturated rings. The number of carboxylic acids is 1. The van der Waals surface area contributed by atoms with E-state index in [1.165, 1.54) is 18.2 Å². The first-order valence-corrected chi connectivity index (χ1v) is 6.17. The summed E-state index contributed by atoms with van der Waals surface area (Å²) in [6, 6.07) is 3.54. The molecule has 1 aromatic carbocycles. The van der Waals surface area contributed by atoms with E-state index in [1.54, 1.807) is 0 Å². The molecule has 1 aromatic rings. The van der Waals surface area contributed by atoms with E-state index in [9.17, 15) is 14.7 Å². The molecule has 7 nitrogen and oxygen atoms in total. The molecule has 7 heteroatoms. The summed E-state index contributed by atoms with van der Waals surface area (Å²) in [5.41, 5.74) is -0.239. The zero-order valence-corrected chi connectivity index (χ0v) is 11.3. The van der Waals surface area contributed by atoms with Gasteiger partial charge in [-0.05, 0) is 26.0 Å².